The molecule has 0 amide bonds. The van der Waals surface area contributed by atoms with Gasteiger partial charge in [0.1, 0.15) is 5.82 Å². The third-order valence-electron chi connectivity index (χ3n) is 3.09. The van der Waals surface area contributed by atoms with Crippen LogP contribution in [0, 0.1) is 12.8 Å². The van der Waals surface area contributed by atoms with Gasteiger partial charge in [0, 0.05) is 12.2 Å². The van der Waals surface area contributed by atoms with Crippen LogP contribution in [0.25, 0.3) is 0 Å². The van der Waals surface area contributed by atoms with Gasteiger partial charge in [-0.1, -0.05) is 6.92 Å². The van der Waals surface area contributed by atoms with E-state index < -0.39 is 0 Å². The molecule has 0 saturated heterocycles. The SMILES string of the molecule is Cc1cnc(NC2CCC(C)C2)c(N)c1. The molecule has 82 valence electrons. The maximum Gasteiger partial charge on any atom is 0.149 e. The van der Waals surface area contributed by atoms with Gasteiger partial charge in [0.15, 0.2) is 0 Å². The minimum atomic E-state index is 0.553. The van der Waals surface area contributed by atoms with E-state index in [0.29, 0.717) is 6.04 Å². The lowest BCUT2D eigenvalue weighted by atomic mass is 10.1. The number of hydrogen-bond acceptors (Lipinski definition) is 3. The molecular weight excluding hydrogens is 186 g/mol. The first-order valence-corrected chi connectivity index (χ1v) is 5.64. The van der Waals surface area contributed by atoms with Gasteiger partial charge < -0.3 is 11.1 Å². The van der Waals surface area contributed by atoms with E-state index in [-0.39, 0.29) is 0 Å². The van der Waals surface area contributed by atoms with Crippen LogP contribution in [0.15, 0.2) is 12.3 Å². The number of hydrogen-bond donors (Lipinski definition) is 2. The van der Waals surface area contributed by atoms with E-state index in [1.54, 1.807) is 0 Å². The Labute approximate surface area is 91.1 Å². The molecule has 15 heavy (non-hydrogen) atoms. The van der Waals surface area contributed by atoms with Gasteiger partial charge in [-0.25, -0.2) is 4.98 Å². The van der Waals surface area contributed by atoms with Crippen molar-refractivity contribution < 1.29 is 0 Å². The number of nitrogens with two attached hydrogens (primary N) is 1. The molecule has 3 nitrogen and oxygen atoms in total. The van der Waals surface area contributed by atoms with Crippen LogP contribution in [0.5, 0.6) is 0 Å². The third kappa shape index (κ3) is 2.41. The van der Waals surface area contributed by atoms with Gasteiger partial charge in [0.05, 0.1) is 5.69 Å². The molecule has 0 aromatic carbocycles. The number of pyridine rings is 1. The fourth-order valence-corrected chi connectivity index (χ4v) is 2.24. The van der Waals surface area contributed by atoms with Crippen molar-refractivity contribution in [1.82, 2.24) is 4.98 Å². The predicted molar refractivity (Wildman–Crippen MR) is 63.8 cm³/mol. The van der Waals surface area contributed by atoms with Crippen LogP contribution in [0.2, 0.25) is 0 Å². The van der Waals surface area contributed by atoms with Crippen LogP contribution in [-0.2, 0) is 0 Å². The summed E-state index contributed by atoms with van der Waals surface area (Å²) in [5, 5.41) is 3.43. The number of rotatable bonds is 2. The molecule has 1 heterocycles. The second kappa shape index (κ2) is 4.09. The van der Waals surface area contributed by atoms with Crippen molar-refractivity contribution in [2.24, 2.45) is 5.92 Å². The van der Waals surface area contributed by atoms with E-state index in [0.717, 1.165) is 23.0 Å². The van der Waals surface area contributed by atoms with Gasteiger partial charge in [-0.15, -0.1) is 0 Å². The summed E-state index contributed by atoms with van der Waals surface area (Å²) >= 11 is 0. The fraction of sp³-hybridized carbons (Fsp3) is 0.583. The summed E-state index contributed by atoms with van der Waals surface area (Å²) in [6, 6.07) is 2.52. The van der Waals surface area contributed by atoms with Crippen LogP contribution < -0.4 is 11.1 Å². The first-order chi connectivity index (χ1) is 7.15. The second-order valence-corrected chi connectivity index (χ2v) is 4.71. The van der Waals surface area contributed by atoms with Crippen molar-refractivity contribution in [1.29, 1.82) is 0 Å². The van der Waals surface area contributed by atoms with Crippen LogP contribution in [0.4, 0.5) is 11.5 Å². The van der Waals surface area contributed by atoms with Gasteiger partial charge in [-0.2, -0.15) is 0 Å². The molecular formula is C12H19N3. The monoisotopic (exact) mass is 205 g/mol. The summed E-state index contributed by atoms with van der Waals surface area (Å²) in [6.07, 6.45) is 5.63. The standard InChI is InChI=1S/C12H19N3/c1-8-3-4-10(5-8)15-12-11(13)6-9(2)7-14-12/h6-8,10H,3-5,13H2,1-2H3,(H,14,15). The lowest BCUT2D eigenvalue weighted by Crippen LogP contribution is -2.17. The number of aromatic nitrogens is 1. The Morgan fingerprint density at radius 3 is 2.87 bits per heavy atom. The average Bonchev–Trinajstić information content (AvgIpc) is 2.56. The highest BCUT2D eigenvalue weighted by atomic mass is 15.0. The lowest BCUT2D eigenvalue weighted by Gasteiger charge is -2.14. The minimum Gasteiger partial charge on any atom is -0.396 e. The van der Waals surface area contributed by atoms with Crippen LogP contribution in [0.1, 0.15) is 31.7 Å². The molecule has 0 radical (unpaired) electrons. The van der Waals surface area contributed by atoms with E-state index >= 15 is 0 Å². The molecule has 3 heteroatoms. The van der Waals surface area contributed by atoms with Crippen molar-refractivity contribution >= 4 is 11.5 Å². The average molecular weight is 205 g/mol. The Balaban J connectivity index is 2.04. The Hall–Kier alpha value is -1.25. The lowest BCUT2D eigenvalue weighted by molar-refractivity contribution is 0.602. The largest absolute Gasteiger partial charge is 0.396 e. The fourth-order valence-electron chi connectivity index (χ4n) is 2.24. The summed E-state index contributed by atoms with van der Waals surface area (Å²) in [7, 11) is 0. The molecule has 2 unspecified atom stereocenters. The number of nitrogens with one attached hydrogen (secondary N) is 1. The first-order valence-electron chi connectivity index (χ1n) is 5.64. The predicted octanol–water partition coefficient (Wildman–Crippen LogP) is 2.57. The van der Waals surface area contributed by atoms with Gasteiger partial charge in [0.25, 0.3) is 0 Å². The molecule has 1 fully saturated rings. The Bertz CT molecular complexity index is 349. The highest BCUT2D eigenvalue weighted by Gasteiger charge is 2.21. The van der Waals surface area contributed by atoms with E-state index in [4.69, 9.17) is 5.73 Å². The van der Waals surface area contributed by atoms with Crippen LogP contribution in [0.3, 0.4) is 0 Å². The van der Waals surface area contributed by atoms with Gasteiger partial charge in [0.2, 0.25) is 0 Å². The van der Waals surface area contributed by atoms with Crippen LogP contribution in [-0.4, -0.2) is 11.0 Å². The summed E-state index contributed by atoms with van der Waals surface area (Å²) in [4.78, 5) is 4.33. The van der Waals surface area contributed by atoms with Crippen LogP contribution >= 0.6 is 0 Å². The van der Waals surface area contributed by atoms with E-state index in [9.17, 15) is 0 Å². The molecule has 1 aliphatic rings. The van der Waals surface area contributed by atoms with E-state index in [2.05, 4.69) is 17.2 Å². The Kier molecular flexibility index (Phi) is 2.80. The van der Waals surface area contributed by atoms with E-state index in [1.165, 1.54) is 19.3 Å². The Morgan fingerprint density at radius 2 is 2.27 bits per heavy atom. The smallest absolute Gasteiger partial charge is 0.149 e. The molecule has 0 aliphatic heterocycles. The molecule has 1 aromatic heterocycles. The molecule has 0 spiro atoms. The zero-order chi connectivity index (χ0) is 10.8. The van der Waals surface area contributed by atoms with Gasteiger partial charge in [-0.3, -0.25) is 0 Å². The summed E-state index contributed by atoms with van der Waals surface area (Å²) in [5.41, 5.74) is 7.78. The van der Waals surface area contributed by atoms with Crippen molar-refractivity contribution in [3.8, 4) is 0 Å². The molecule has 2 rings (SSSR count). The highest BCUT2D eigenvalue weighted by molar-refractivity contribution is 5.62. The normalized spacial score (nSPS) is 25.5. The highest BCUT2D eigenvalue weighted by Crippen LogP contribution is 2.28. The van der Waals surface area contributed by atoms with E-state index in [1.807, 2.05) is 19.2 Å². The molecule has 1 saturated carbocycles. The van der Waals surface area contributed by atoms with Gasteiger partial charge in [-0.05, 0) is 43.7 Å². The molecule has 3 N–H and O–H groups in total. The molecule has 1 aliphatic carbocycles. The van der Waals surface area contributed by atoms with Crippen molar-refractivity contribution in [3.05, 3.63) is 17.8 Å². The van der Waals surface area contributed by atoms with Crippen molar-refractivity contribution in [2.75, 3.05) is 11.1 Å². The quantitative estimate of drug-likeness (QED) is 0.780. The molecule has 2 atom stereocenters. The van der Waals surface area contributed by atoms with Gasteiger partial charge >= 0.3 is 0 Å². The topological polar surface area (TPSA) is 50.9 Å². The second-order valence-electron chi connectivity index (χ2n) is 4.71. The minimum absolute atomic E-state index is 0.553. The molecule has 0 bridgehead atoms. The maximum absolute atomic E-state index is 5.91. The number of nitrogens with zero attached hydrogens (tertiary/aromatic N) is 1. The molecule has 1 aromatic rings. The van der Waals surface area contributed by atoms with Crippen molar-refractivity contribution in [2.45, 2.75) is 39.2 Å². The maximum atomic E-state index is 5.91. The summed E-state index contributed by atoms with van der Waals surface area (Å²) in [5.74, 6) is 1.67. The number of aryl methyl sites for hydroxylation is 1. The Morgan fingerprint density at radius 1 is 1.47 bits per heavy atom. The first kappa shape index (κ1) is 10.3. The zero-order valence-corrected chi connectivity index (χ0v) is 9.46. The summed E-state index contributed by atoms with van der Waals surface area (Å²) < 4.78 is 0. The third-order valence-corrected chi connectivity index (χ3v) is 3.09. The van der Waals surface area contributed by atoms with Crippen molar-refractivity contribution in [3.63, 3.8) is 0 Å². The summed E-state index contributed by atoms with van der Waals surface area (Å²) in [6.45, 7) is 4.30. The zero-order valence-electron chi connectivity index (χ0n) is 9.46. The number of anilines is 2. The number of nitrogen functional groups attached to an aromatic ring is 1.